The second-order valence-electron chi connectivity index (χ2n) is 3.79. The molecule has 0 radical (unpaired) electrons. The standard InChI is InChI=1S/C13H15NO/c1-10(15)9-14-13-7-6-11-4-2-3-5-12(11)8-13/h2-8,10,14-15H,9H2,1H3. The molecule has 2 aromatic rings. The highest BCUT2D eigenvalue weighted by Gasteiger charge is 1.97. The number of aliphatic hydroxyl groups excluding tert-OH is 1. The average Bonchev–Trinajstić information content (AvgIpc) is 2.26. The van der Waals surface area contributed by atoms with Crippen molar-refractivity contribution >= 4 is 16.5 Å². The van der Waals surface area contributed by atoms with Crippen molar-refractivity contribution in [2.75, 3.05) is 11.9 Å². The van der Waals surface area contributed by atoms with Gasteiger partial charge in [0.15, 0.2) is 0 Å². The molecule has 15 heavy (non-hydrogen) atoms. The fourth-order valence-corrected chi connectivity index (χ4v) is 1.56. The molecule has 1 unspecified atom stereocenters. The van der Waals surface area contributed by atoms with Gasteiger partial charge >= 0.3 is 0 Å². The van der Waals surface area contributed by atoms with Crippen molar-refractivity contribution in [2.24, 2.45) is 0 Å². The van der Waals surface area contributed by atoms with E-state index in [0.717, 1.165) is 5.69 Å². The number of aliphatic hydroxyl groups is 1. The van der Waals surface area contributed by atoms with Gasteiger partial charge in [0.1, 0.15) is 0 Å². The highest BCUT2D eigenvalue weighted by molar-refractivity contribution is 5.85. The Kier molecular flexibility index (Phi) is 2.88. The fourth-order valence-electron chi connectivity index (χ4n) is 1.56. The molecule has 0 spiro atoms. The van der Waals surface area contributed by atoms with Crippen LogP contribution in [0, 0.1) is 0 Å². The molecular formula is C13H15NO. The summed E-state index contributed by atoms with van der Waals surface area (Å²) >= 11 is 0. The van der Waals surface area contributed by atoms with E-state index >= 15 is 0 Å². The van der Waals surface area contributed by atoms with Crippen LogP contribution in [0.4, 0.5) is 5.69 Å². The molecule has 0 fully saturated rings. The number of anilines is 1. The molecule has 2 heteroatoms. The average molecular weight is 201 g/mol. The normalized spacial score (nSPS) is 12.7. The summed E-state index contributed by atoms with van der Waals surface area (Å²) in [5.74, 6) is 0. The predicted octanol–water partition coefficient (Wildman–Crippen LogP) is 2.63. The molecule has 0 aliphatic heterocycles. The number of rotatable bonds is 3. The first kappa shape index (κ1) is 9.99. The first-order valence-electron chi connectivity index (χ1n) is 5.16. The molecule has 0 bridgehead atoms. The SMILES string of the molecule is CC(O)CNc1ccc2ccccc2c1. The van der Waals surface area contributed by atoms with Crippen molar-refractivity contribution in [3.63, 3.8) is 0 Å². The number of nitrogens with one attached hydrogen (secondary N) is 1. The summed E-state index contributed by atoms with van der Waals surface area (Å²) in [4.78, 5) is 0. The van der Waals surface area contributed by atoms with Gasteiger partial charge in [-0.05, 0) is 29.8 Å². The quantitative estimate of drug-likeness (QED) is 0.800. The van der Waals surface area contributed by atoms with Crippen molar-refractivity contribution in [1.82, 2.24) is 0 Å². The van der Waals surface area contributed by atoms with E-state index in [1.807, 2.05) is 18.2 Å². The summed E-state index contributed by atoms with van der Waals surface area (Å²) < 4.78 is 0. The van der Waals surface area contributed by atoms with Crippen LogP contribution in [0.25, 0.3) is 10.8 Å². The Bertz CT molecular complexity index is 451. The summed E-state index contributed by atoms with van der Waals surface area (Å²) in [6, 6.07) is 14.4. The Morgan fingerprint density at radius 1 is 1.13 bits per heavy atom. The maximum Gasteiger partial charge on any atom is 0.0684 e. The van der Waals surface area contributed by atoms with Crippen LogP contribution >= 0.6 is 0 Å². The van der Waals surface area contributed by atoms with Crippen molar-refractivity contribution in [1.29, 1.82) is 0 Å². The third-order valence-electron chi connectivity index (χ3n) is 2.35. The van der Waals surface area contributed by atoms with Crippen molar-refractivity contribution in [3.8, 4) is 0 Å². The fraction of sp³-hybridized carbons (Fsp3) is 0.231. The monoisotopic (exact) mass is 201 g/mol. The Morgan fingerprint density at radius 3 is 2.60 bits per heavy atom. The molecule has 0 aliphatic rings. The largest absolute Gasteiger partial charge is 0.392 e. The topological polar surface area (TPSA) is 32.3 Å². The summed E-state index contributed by atoms with van der Waals surface area (Å²) in [7, 11) is 0. The Balaban J connectivity index is 2.23. The van der Waals surface area contributed by atoms with E-state index in [1.54, 1.807) is 6.92 Å². The molecule has 2 N–H and O–H groups in total. The minimum Gasteiger partial charge on any atom is -0.392 e. The van der Waals surface area contributed by atoms with Gasteiger partial charge in [0.25, 0.3) is 0 Å². The highest BCUT2D eigenvalue weighted by atomic mass is 16.3. The van der Waals surface area contributed by atoms with Gasteiger partial charge in [-0.1, -0.05) is 30.3 Å². The first-order chi connectivity index (χ1) is 7.25. The van der Waals surface area contributed by atoms with E-state index in [1.165, 1.54) is 10.8 Å². The van der Waals surface area contributed by atoms with Gasteiger partial charge < -0.3 is 10.4 Å². The lowest BCUT2D eigenvalue weighted by molar-refractivity contribution is 0.208. The number of benzene rings is 2. The summed E-state index contributed by atoms with van der Waals surface area (Å²) in [6.45, 7) is 2.35. The zero-order chi connectivity index (χ0) is 10.7. The van der Waals surface area contributed by atoms with Crippen molar-refractivity contribution in [3.05, 3.63) is 42.5 Å². The maximum atomic E-state index is 9.16. The molecule has 2 rings (SSSR count). The summed E-state index contributed by atoms with van der Waals surface area (Å²) in [6.07, 6.45) is -0.323. The first-order valence-corrected chi connectivity index (χ1v) is 5.16. The molecule has 2 nitrogen and oxygen atoms in total. The molecule has 1 atom stereocenters. The van der Waals surface area contributed by atoms with E-state index < -0.39 is 0 Å². The molecule has 0 saturated heterocycles. The van der Waals surface area contributed by atoms with E-state index in [2.05, 4.69) is 29.6 Å². The van der Waals surface area contributed by atoms with Crippen LogP contribution in [0.3, 0.4) is 0 Å². The van der Waals surface area contributed by atoms with Crippen LogP contribution in [0.2, 0.25) is 0 Å². The molecule has 0 aromatic heterocycles. The second kappa shape index (κ2) is 4.32. The van der Waals surface area contributed by atoms with E-state index in [0.29, 0.717) is 6.54 Å². The van der Waals surface area contributed by atoms with Crippen LogP contribution < -0.4 is 5.32 Å². The maximum absolute atomic E-state index is 9.16. The van der Waals surface area contributed by atoms with Gasteiger partial charge in [-0.15, -0.1) is 0 Å². The molecule has 2 aromatic carbocycles. The number of hydrogen-bond donors (Lipinski definition) is 2. The van der Waals surface area contributed by atoms with Crippen molar-refractivity contribution < 1.29 is 5.11 Å². The number of fused-ring (bicyclic) bond motifs is 1. The summed E-state index contributed by atoms with van der Waals surface area (Å²) in [5, 5.41) is 14.8. The van der Waals surface area contributed by atoms with Gasteiger partial charge in [0.05, 0.1) is 6.10 Å². The van der Waals surface area contributed by atoms with Gasteiger partial charge in [0, 0.05) is 12.2 Å². The van der Waals surface area contributed by atoms with Crippen LogP contribution in [0.5, 0.6) is 0 Å². The minimum absolute atomic E-state index is 0.323. The molecule has 78 valence electrons. The lowest BCUT2D eigenvalue weighted by atomic mass is 10.1. The van der Waals surface area contributed by atoms with E-state index in [4.69, 9.17) is 5.11 Å². The molecule has 0 saturated carbocycles. The Hall–Kier alpha value is -1.54. The lowest BCUT2D eigenvalue weighted by Gasteiger charge is -2.09. The van der Waals surface area contributed by atoms with Crippen molar-refractivity contribution in [2.45, 2.75) is 13.0 Å². The third-order valence-corrected chi connectivity index (χ3v) is 2.35. The molecule has 0 heterocycles. The smallest absolute Gasteiger partial charge is 0.0684 e. The Labute approximate surface area is 89.6 Å². The third kappa shape index (κ3) is 2.48. The molecular weight excluding hydrogens is 186 g/mol. The zero-order valence-electron chi connectivity index (χ0n) is 8.77. The van der Waals surface area contributed by atoms with E-state index in [9.17, 15) is 0 Å². The molecule has 0 amide bonds. The zero-order valence-corrected chi connectivity index (χ0v) is 8.77. The van der Waals surface area contributed by atoms with Crippen LogP contribution in [-0.4, -0.2) is 17.8 Å². The van der Waals surface area contributed by atoms with Gasteiger partial charge in [0.2, 0.25) is 0 Å². The van der Waals surface area contributed by atoms with Gasteiger partial charge in [-0.2, -0.15) is 0 Å². The predicted molar refractivity (Wildman–Crippen MR) is 64.1 cm³/mol. The van der Waals surface area contributed by atoms with Crippen LogP contribution in [0.1, 0.15) is 6.92 Å². The highest BCUT2D eigenvalue weighted by Crippen LogP contribution is 2.18. The van der Waals surface area contributed by atoms with Gasteiger partial charge in [-0.3, -0.25) is 0 Å². The van der Waals surface area contributed by atoms with Crippen LogP contribution in [-0.2, 0) is 0 Å². The second-order valence-corrected chi connectivity index (χ2v) is 3.79. The lowest BCUT2D eigenvalue weighted by Crippen LogP contribution is -2.15. The minimum atomic E-state index is -0.323. The summed E-state index contributed by atoms with van der Waals surface area (Å²) in [5.41, 5.74) is 1.05. The Morgan fingerprint density at radius 2 is 1.87 bits per heavy atom. The van der Waals surface area contributed by atoms with Gasteiger partial charge in [-0.25, -0.2) is 0 Å². The van der Waals surface area contributed by atoms with Crippen LogP contribution in [0.15, 0.2) is 42.5 Å². The van der Waals surface area contributed by atoms with E-state index in [-0.39, 0.29) is 6.10 Å². The number of hydrogen-bond acceptors (Lipinski definition) is 2. The molecule has 0 aliphatic carbocycles.